The Morgan fingerprint density at radius 3 is 2.40 bits per heavy atom. The lowest BCUT2D eigenvalue weighted by Gasteiger charge is -2.15. The number of likely N-dealkylation sites (tertiary alicyclic amines) is 1. The van der Waals surface area contributed by atoms with Crippen LogP contribution in [-0.4, -0.2) is 17.4 Å². The highest BCUT2D eigenvalue weighted by Gasteiger charge is 2.19. The topological polar surface area (TPSA) is 44.1 Å². The molecule has 1 N–H and O–H groups in total. The van der Waals surface area contributed by atoms with Gasteiger partial charge in [-0.2, -0.15) is 0 Å². The van der Waals surface area contributed by atoms with Gasteiger partial charge >= 0.3 is 0 Å². The average Bonchev–Trinajstić information content (AvgIpc) is 2.66. The Morgan fingerprint density at radius 1 is 1.20 bits per heavy atom. The van der Waals surface area contributed by atoms with Crippen LogP contribution in [0.4, 0.5) is 0 Å². The Hall–Kier alpha value is -1.35. The van der Waals surface area contributed by atoms with Crippen molar-refractivity contribution in [3.8, 4) is 0 Å². The first kappa shape index (κ1) is 10.2. The molecule has 1 aliphatic heterocycles. The number of hydrogen-bond donors (Lipinski definition) is 0. The fourth-order valence-corrected chi connectivity index (χ4v) is 1.85. The van der Waals surface area contributed by atoms with Crippen LogP contribution in [0.3, 0.4) is 0 Å². The molecule has 3 heteroatoms. The second-order valence-electron chi connectivity index (χ2n) is 3.91. The highest BCUT2D eigenvalue weighted by Crippen LogP contribution is 2.14. The van der Waals surface area contributed by atoms with Crippen LogP contribution in [0.5, 0.6) is 0 Å². The first-order valence-electron chi connectivity index (χ1n) is 5.30. The molecule has 1 amide bonds. The van der Waals surface area contributed by atoms with Crippen molar-refractivity contribution in [2.45, 2.75) is 25.9 Å². The quantitative estimate of drug-likeness (QED) is 0.743. The SMILES string of the molecule is [NH-]Cc1ccc(CN2CCCC2=O)cc1. The molecular formula is C12H15N2O-. The van der Waals surface area contributed by atoms with Crippen molar-refractivity contribution in [1.29, 1.82) is 0 Å². The monoisotopic (exact) mass is 203 g/mol. The zero-order valence-electron chi connectivity index (χ0n) is 8.70. The second-order valence-corrected chi connectivity index (χ2v) is 3.91. The van der Waals surface area contributed by atoms with E-state index in [4.69, 9.17) is 5.73 Å². The summed E-state index contributed by atoms with van der Waals surface area (Å²) in [4.78, 5) is 13.3. The van der Waals surface area contributed by atoms with Crippen LogP contribution in [0.15, 0.2) is 24.3 Å². The molecule has 0 bridgehead atoms. The van der Waals surface area contributed by atoms with E-state index in [1.807, 2.05) is 29.2 Å². The number of nitrogens with zero attached hydrogens (tertiary/aromatic N) is 1. The predicted molar refractivity (Wildman–Crippen MR) is 59.1 cm³/mol. The molecule has 1 heterocycles. The third kappa shape index (κ3) is 2.36. The summed E-state index contributed by atoms with van der Waals surface area (Å²) in [5.74, 6) is 0.263. The first-order valence-corrected chi connectivity index (χ1v) is 5.30. The molecule has 0 saturated carbocycles. The Labute approximate surface area is 89.9 Å². The standard InChI is InChI=1S/C12H15N2O/c13-8-10-3-5-11(6-4-10)9-14-7-1-2-12(14)15/h3-6,13H,1-2,7-9H2/q-1. The molecule has 0 unspecified atom stereocenters. The maximum Gasteiger partial charge on any atom is 0.222 e. The van der Waals surface area contributed by atoms with Crippen molar-refractivity contribution in [1.82, 2.24) is 4.90 Å². The number of carbonyl (C=O) groups excluding carboxylic acids is 1. The van der Waals surface area contributed by atoms with E-state index in [0.29, 0.717) is 13.0 Å². The van der Waals surface area contributed by atoms with Gasteiger partial charge in [0.1, 0.15) is 0 Å². The summed E-state index contributed by atoms with van der Waals surface area (Å²) < 4.78 is 0. The molecule has 3 nitrogen and oxygen atoms in total. The minimum absolute atomic E-state index is 0.263. The van der Waals surface area contributed by atoms with Gasteiger partial charge < -0.3 is 10.6 Å². The van der Waals surface area contributed by atoms with E-state index in [0.717, 1.165) is 30.6 Å². The minimum atomic E-state index is 0.263. The average molecular weight is 203 g/mol. The van der Waals surface area contributed by atoms with E-state index < -0.39 is 0 Å². The smallest absolute Gasteiger partial charge is 0.222 e. The van der Waals surface area contributed by atoms with E-state index >= 15 is 0 Å². The van der Waals surface area contributed by atoms with E-state index in [2.05, 4.69) is 0 Å². The number of nitrogens with one attached hydrogen (secondary N) is 1. The first-order chi connectivity index (χ1) is 7.29. The van der Waals surface area contributed by atoms with Gasteiger partial charge in [-0.15, -0.1) is 6.54 Å². The fourth-order valence-electron chi connectivity index (χ4n) is 1.85. The van der Waals surface area contributed by atoms with Gasteiger partial charge in [-0.25, -0.2) is 0 Å². The molecule has 15 heavy (non-hydrogen) atoms. The Kier molecular flexibility index (Phi) is 3.02. The number of amides is 1. The minimum Gasteiger partial charge on any atom is -0.674 e. The van der Waals surface area contributed by atoms with Crippen molar-refractivity contribution in [3.05, 3.63) is 41.1 Å². The molecular weight excluding hydrogens is 188 g/mol. The summed E-state index contributed by atoms with van der Waals surface area (Å²) in [5, 5.41) is 0. The molecule has 1 saturated heterocycles. The predicted octanol–water partition coefficient (Wildman–Crippen LogP) is 2.36. The second kappa shape index (κ2) is 4.45. The Morgan fingerprint density at radius 2 is 1.87 bits per heavy atom. The highest BCUT2D eigenvalue weighted by atomic mass is 16.2. The van der Waals surface area contributed by atoms with Gasteiger partial charge in [-0.05, 0) is 12.0 Å². The third-order valence-electron chi connectivity index (χ3n) is 2.77. The molecule has 80 valence electrons. The lowest BCUT2D eigenvalue weighted by atomic mass is 10.1. The summed E-state index contributed by atoms with van der Waals surface area (Å²) >= 11 is 0. The lowest BCUT2D eigenvalue weighted by molar-refractivity contribution is -0.128. The fraction of sp³-hybridized carbons (Fsp3) is 0.417. The molecule has 2 rings (SSSR count). The van der Waals surface area contributed by atoms with Crippen LogP contribution < -0.4 is 0 Å². The van der Waals surface area contributed by atoms with Crippen LogP contribution >= 0.6 is 0 Å². The van der Waals surface area contributed by atoms with Gasteiger partial charge in [0.15, 0.2) is 0 Å². The van der Waals surface area contributed by atoms with Crippen molar-refractivity contribution >= 4 is 5.91 Å². The summed E-state index contributed by atoms with van der Waals surface area (Å²) in [6, 6.07) is 7.94. The third-order valence-corrected chi connectivity index (χ3v) is 2.77. The molecule has 1 fully saturated rings. The number of rotatable bonds is 3. The van der Waals surface area contributed by atoms with Crippen molar-refractivity contribution in [2.75, 3.05) is 6.54 Å². The van der Waals surface area contributed by atoms with Gasteiger partial charge in [-0.1, -0.05) is 29.8 Å². The normalized spacial score (nSPS) is 16.1. The molecule has 0 aromatic heterocycles. The van der Waals surface area contributed by atoms with E-state index in [9.17, 15) is 4.79 Å². The highest BCUT2D eigenvalue weighted by molar-refractivity contribution is 5.78. The van der Waals surface area contributed by atoms with E-state index in [1.165, 1.54) is 0 Å². The zero-order chi connectivity index (χ0) is 10.7. The maximum atomic E-state index is 11.4. The lowest BCUT2D eigenvalue weighted by Crippen LogP contribution is -2.23. The number of hydrogen-bond acceptors (Lipinski definition) is 1. The van der Waals surface area contributed by atoms with Gasteiger partial charge in [-0.3, -0.25) is 4.79 Å². The van der Waals surface area contributed by atoms with Crippen LogP contribution in [-0.2, 0) is 17.9 Å². The summed E-state index contributed by atoms with van der Waals surface area (Å²) in [5.41, 5.74) is 9.38. The van der Waals surface area contributed by atoms with Crippen LogP contribution in [0.1, 0.15) is 24.0 Å². The van der Waals surface area contributed by atoms with Crippen molar-refractivity contribution in [3.63, 3.8) is 0 Å². The molecule has 0 radical (unpaired) electrons. The molecule has 1 aromatic rings. The molecule has 0 aliphatic carbocycles. The maximum absolute atomic E-state index is 11.4. The van der Waals surface area contributed by atoms with Crippen molar-refractivity contribution < 1.29 is 4.79 Å². The summed E-state index contributed by atoms with van der Waals surface area (Å²) in [7, 11) is 0. The zero-order valence-corrected chi connectivity index (χ0v) is 8.70. The largest absolute Gasteiger partial charge is 0.674 e. The molecule has 0 atom stereocenters. The molecule has 0 spiro atoms. The van der Waals surface area contributed by atoms with Gasteiger partial charge in [0.2, 0.25) is 5.91 Å². The van der Waals surface area contributed by atoms with Crippen molar-refractivity contribution in [2.24, 2.45) is 0 Å². The van der Waals surface area contributed by atoms with E-state index in [1.54, 1.807) is 0 Å². The Bertz CT molecular complexity index is 345. The summed E-state index contributed by atoms with van der Waals surface area (Å²) in [6.07, 6.45) is 1.69. The number of carbonyl (C=O) groups is 1. The molecule has 1 aliphatic rings. The van der Waals surface area contributed by atoms with E-state index in [-0.39, 0.29) is 5.91 Å². The molecule has 1 aromatic carbocycles. The van der Waals surface area contributed by atoms with Crippen LogP contribution in [0, 0.1) is 0 Å². The van der Waals surface area contributed by atoms with Crippen LogP contribution in [0.25, 0.3) is 5.73 Å². The van der Waals surface area contributed by atoms with Gasteiger partial charge in [0.05, 0.1) is 0 Å². The van der Waals surface area contributed by atoms with Gasteiger partial charge in [0.25, 0.3) is 0 Å². The Balaban J connectivity index is 2.01. The summed E-state index contributed by atoms with van der Waals surface area (Å²) in [6.45, 7) is 1.93. The number of benzene rings is 1. The van der Waals surface area contributed by atoms with Gasteiger partial charge in [0, 0.05) is 19.5 Å². The van der Waals surface area contributed by atoms with Crippen LogP contribution in [0.2, 0.25) is 0 Å².